The van der Waals surface area contributed by atoms with Gasteiger partial charge >= 0.3 is 0 Å². The smallest absolute Gasteiger partial charge is 0.200 e. The third-order valence-electron chi connectivity index (χ3n) is 1.43. The lowest BCUT2D eigenvalue weighted by Gasteiger charge is -1.98. The number of halogens is 2. The molecule has 0 aromatic carbocycles. The molecule has 14 heavy (non-hydrogen) atoms. The predicted octanol–water partition coefficient (Wildman–Crippen LogP) is 2.24. The maximum Gasteiger partial charge on any atom is 0.200 e. The molecule has 2 aromatic rings. The van der Waals surface area contributed by atoms with Gasteiger partial charge in [-0.3, -0.25) is 0 Å². The summed E-state index contributed by atoms with van der Waals surface area (Å²) in [6.45, 7) is 0. The first kappa shape index (κ1) is 9.30. The third kappa shape index (κ3) is 1.97. The molecule has 2 heterocycles. The number of rotatable bonds is 1. The average molecular weight is 227 g/mol. The van der Waals surface area contributed by atoms with Crippen molar-refractivity contribution in [2.45, 2.75) is 0 Å². The van der Waals surface area contributed by atoms with Crippen LogP contribution < -0.4 is 0 Å². The van der Waals surface area contributed by atoms with Crippen LogP contribution in [0.2, 0.25) is 10.3 Å². The summed E-state index contributed by atoms with van der Waals surface area (Å²) in [4.78, 5) is 15.9. The van der Waals surface area contributed by atoms with E-state index >= 15 is 0 Å². The van der Waals surface area contributed by atoms with Crippen LogP contribution >= 0.6 is 23.2 Å². The number of aromatic nitrogens is 4. The first-order chi connectivity index (χ1) is 6.75. The first-order valence-electron chi connectivity index (χ1n) is 3.73. The highest BCUT2D eigenvalue weighted by Gasteiger charge is 2.06. The Hall–Kier alpha value is -1.26. The second kappa shape index (κ2) is 3.86. The van der Waals surface area contributed by atoms with Gasteiger partial charge in [0.1, 0.15) is 10.3 Å². The van der Waals surface area contributed by atoms with Crippen molar-refractivity contribution < 1.29 is 0 Å². The van der Waals surface area contributed by atoms with Gasteiger partial charge in [0.2, 0.25) is 5.82 Å². The van der Waals surface area contributed by atoms with Crippen LogP contribution in [0.4, 0.5) is 0 Å². The molecule has 4 nitrogen and oxygen atoms in total. The second-order valence-electron chi connectivity index (χ2n) is 2.41. The minimum absolute atomic E-state index is 0.271. The van der Waals surface area contributed by atoms with E-state index in [1.807, 2.05) is 0 Å². The molecule has 0 spiro atoms. The molecule has 0 atom stereocenters. The minimum atomic E-state index is 0.271. The topological polar surface area (TPSA) is 51.6 Å². The number of hydrogen-bond acceptors (Lipinski definition) is 4. The van der Waals surface area contributed by atoms with Gasteiger partial charge in [-0.25, -0.2) is 19.9 Å². The molecule has 70 valence electrons. The molecule has 0 aliphatic carbocycles. The molecular formula is C8H4Cl2N4. The lowest BCUT2D eigenvalue weighted by molar-refractivity contribution is 1.08. The summed E-state index contributed by atoms with van der Waals surface area (Å²) in [5, 5.41) is 0.542. The Kier molecular flexibility index (Phi) is 2.56. The van der Waals surface area contributed by atoms with Crippen molar-refractivity contribution in [3.05, 3.63) is 34.8 Å². The molecule has 0 unspecified atom stereocenters. The zero-order valence-corrected chi connectivity index (χ0v) is 8.37. The summed E-state index contributed by atoms with van der Waals surface area (Å²) in [7, 11) is 0. The van der Waals surface area contributed by atoms with Gasteiger partial charge in [0.05, 0.1) is 0 Å². The monoisotopic (exact) mass is 226 g/mol. The Morgan fingerprint density at radius 1 is 0.857 bits per heavy atom. The SMILES string of the molecule is Clc1cc(Cl)nc(-c2ncccn2)n1. The maximum absolute atomic E-state index is 5.71. The minimum Gasteiger partial charge on any atom is -0.234 e. The largest absolute Gasteiger partial charge is 0.234 e. The van der Waals surface area contributed by atoms with E-state index in [4.69, 9.17) is 23.2 Å². The van der Waals surface area contributed by atoms with E-state index in [9.17, 15) is 0 Å². The van der Waals surface area contributed by atoms with Crippen LogP contribution in [-0.2, 0) is 0 Å². The van der Waals surface area contributed by atoms with E-state index in [1.54, 1.807) is 18.5 Å². The molecule has 0 N–H and O–H groups in total. The van der Waals surface area contributed by atoms with Gasteiger partial charge in [0.25, 0.3) is 0 Å². The van der Waals surface area contributed by atoms with Crippen LogP contribution in [0.25, 0.3) is 11.6 Å². The average Bonchev–Trinajstić information content (AvgIpc) is 2.18. The lowest BCUT2D eigenvalue weighted by atomic mass is 10.5. The Morgan fingerprint density at radius 2 is 1.43 bits per heavy atom. The Morgan fingerprint density at radius 3 is 2.00 bits per heavy atom. The summed E-state index contributed by atoms with van der Waals surface area (Å²) in [5.41, 5.74) is 0. The summed E-state index contributed by atoms with van der Waals surface area (Å²) < 4.78 is 0. The van der Waals surface area contributed by atoms with Crippen molar-refractivity contribution in [1.29, 1.82) is 0 Å². The van der Waals surface area contributed by atoms with E-state index in [2.05, 4.69) is 19.9 Å². The van der Waals surface area contributed by atoms with Crippen LogP contribution in [0.1, 0.15) is 0 Å². The molecule has 2 aromatic heterocycles. The zero-order chi connectivity index (χ0) is 9.97. The molecule has 2 rings (SSSR count). The van der Waals surface area contributed by atoms with Crippen LogP contribution in [0.5, 0.6) is 0 Å². The van der Waals surface area contributed by atoms with E-state index in [0.29, 0.717) is 11.6 Å². The van der Waals surface area contributed by atoms with Crippen LogP contribution in [0.15, 0.2) is 24.5 Å². The third-order valence-corrected chi connectivity index (χ3v) is 1.82. The second-order valence-corrected chi connectivity index (χ2v) is 3.18. The molecule has 0 fully saturated rings. The van der Waals surface area contributed by atoms with Gasteiger partial charge < -0.3 is 0 Å². The van der Waals surface area contributed by atoms with Crippen molar-refractivity contribution >= 4 is 23.2 Å². The quantitative estimate of drug-likeness (QED) is 0.701. The predicted molar refractivity (Wildman–Crippen MR) is 53.1 cm³/mol. The Balaban J connectivity index is 2.52. The number of hydrogen-bond donors (Lipinski definition) is 0. The van der Waals surface area contributed by atoms with Crippen LogP contribution in [-0.4, -0.2) is 19.9 Å². The standard InChI is InChI=1S/C8H4Cl2N4/c9-5-4-6(10)14-8(13-5)7-11-2-1-3-12-7/h1-4H. The highest BCUT2D eigenvalue weighted by Crippen LogP contribution is 2.16. The summed E-state index contributed by atoms with van der Waals surface area (Å²) in [5.74, 6) is 0.722. The molecule has 0 aliphatic rings. The fourth-order valence-corrected chi connectivity index (χ4v) is 1.33. The van der Waals surface area contributed by atoms with Crippen LogP contribution in [0.3, 0.4) is 0 Å². The summed E-state index contributed by atoms with van der Waals surface area (Å²) in [6, 6.07) is 3.16. The number of nitrogens with zero attached hydrogens (tertiary/aromatic N) is 4. The van der Waals surface area contributed by atoms with Gasteiger partial charge in [-0.1, -0.05) is 23.2 Å². The van der Waals surface area contributed by atoms with Gasteiger partial charge in [0.15, 0.2) is 5.82 Å². The van der Waals surface area contributed by atoms with Crippen molar-refractivity contribution in [2.75, 3.05) is 0 Å². The van der Waals surface area contributed by atoms with E-state index < -0.39 is 0 Å². The molecule has 0 amide bonds. The van der Waals surface area contributed by atoms with Gasteiger partial charge in [-0.05, 0) is 6.07 Å². The van der Waals surface area contributed by atoms with E-state index in [0.717, 1.165) is 0 Å². The summed E-state index contributed by atoms with van der Waals surface area (Å²) in [6.07, 6.45) is 3.20. The highest BCUT2D eigenvalue weighted by atomic mass is 35.5. The fraction of sp³-hybridized carbons (Fsp3) is 0. The van der Waals surface area contributed by atoms with Gasteiger partial charge in [-0.15, -0.1) is 0 Å². The van der Waals surface area contributed by atoms with Crippen molar-refractivity contribution in [3.8, 4) is 11.6 Å². The molecule has 6 heteroatoms. The molecule has 0 bridgehead atoms. The van der Waals surface area contributed by atoms with Gasteiger partial charge in [0, 0.05) is 18.5 Å². The van der Waals surface area contributed by atoms with Crippen LogP contribution in [0, 0.1) is 0 Å². The molecule has 0 saturated carbocycles. The van der Waals surface area contributed by atoms with Crippen molar-refractivity contribution in [2.24, 2.45) is 0 Å². The normalized spacial score (nSPS) is 10.1. The highest BCUT2D eigenvalue weighted by molar-refractivity contribution is 6.33. The molecule has 0 saturated heterocycles. The molecule has 0 aliphatic heterocycles. The van der Waals surface area contributed by atoms with E-state index in [-0.39, 0.29) is 10.3 Å². The Bertz CT molecular complexity index is 426. The van der Waals surface area contributed by atoms with Crippen molar-refractivity contribution in [1.82, 2.24) is 19.9 Å². The molecule has 0 radical (unpaired) electrons. The summed E-state index contributed by atoms with van der Waals surface area (Å²) >= 11 is 11.4. The Labute approximate surface area is 90.0 Å². The first-order valence-corrected chi connectivity index (χ1v) is 4.49. The van der Waals surface area contributed by atoms with Crippen molar-refractivity contribution in [3.63, 3.8) is 0 Å². The lowest BCUT2D eigenvalue weighted by Crippen LogP contribution is -1.94. The van der Waals surface area contributed by atoms with Gasteiger partial charge in [-0.2, -0.15) is 0 Å². The maximum atomic E-state index is 5.71. The zero-order valence-electron chi connectivity index (χ0n) is 6.85. The van der Waals surface area contributed by atoms with E-state index in [1.165, 1.54) is 6.07 Å². The fourth-order valence-electron chi connectivity index (χ4n) is 0.905. The molecular weight excluding hydrogens is 223 g/mol.